The van der Waals surface area contributed by atoms with Gasteiger partial charge in [-0.25, -0.2) is 9.97 Å². The van der Waals surface area contributed by atoms with E-state index in [4.69, 9.17) is 0 Å². The fraction of sp³-hybridized carbons (Fsp3) is 0.667. The molecule has 0 aliphatic carbocycles. The summed E-state index contributed by atoms with van der Waals surface area (Å²) in [6, 6.07) is 0. The minimum atomic E-state index is 0.902. The minimum absolute atomic E-state index is 0.902. The van der Waals surface area contributed by atoms with E-state index in [1.807, 2.05) is 6.92 Å². The summed E-state index contributed by atoms with van der Waals surface area (Å²) in [6.07, 6.45) is 3.67. The zero-order valence-electron chi connectivity index (χ0n) is 9.79. The lowest BCUT2D eigenvalue weighted by molar-refractivity contribution is 0.617. The van der Waals surface area contributed by atoms with Crippen molar-refractivity contribution in [2.45, 2.75) is 32.7 Å². The van der Waals surface area contributed by atoms with Crippen molar-refractivity contribution in [3.05, 3.63) is 17.1 Å². The summed E-state index contributed by atoms with van der Waals surface area (Å²) in [7, 11) is 0. The second-order valence-corrected chi connectivity index (χ2v) is 4.64. The number of anilines is 1. The summed E-state index contributed by atoms with van der Waals surface area (Å²) in [4.78, 5) is 11.6. The molecule has 1 aromatic heterocycles. The molecule has 16 heavy (non-hydrogen) atoms. The molecule has 0 saturated carbocycles. The molecular formula is C12H18N4. The second kappa shape index (κ2) is 4.01. The standard InChI is InChI=1S/C12H18N4/c1-9-14-11-8-13-5-4-10(11)12(15-9)16-6-2-3-7-16/h13H,2-8H2,1H3. The van der Waals surface area contributed by atoms with Gasteiger partial charge in [0, 0.05) is 25.2 Å². The van der Waals surface area contributed by atoms with Gasteiger partial charge >= 0.3 is 0 Å². The first-order chi connectivity index (χ1) is 7.84. The van der Waals surface area contributed by atoms with E-state index in [0.29, 0.717) is 0 Å². The van der Waals surface area contributed by atoms with Gasteiger partial charge in [0.15, 0.2) is 0 Å². The van der Waals surface area contributed by atoms with Crippen molar-refractivity contribution in [2.24, 2.45) is 0 Å². The topological polar surface area (TPSA) is 41.1 Å². The summed E-state index contributed by atoms with van der Waals surface area (Å²) in [6.45, 7) is 6.28. The number of aryl methyl sites for hydroxylation is 1. The van der Waals surface area contributed by atoms with Crippen molar-refractivity contribution in [3.8, 4) is 0 Å². The van der Waals surface area contributed by atoms with Gasteiger partial charge in [-0.2, -0.15) is 0 Å². The number of hydrogen-bond donors (Lipinski definition) is 1. The van der Waals surface area contributed by atoms with Gasteiger partial charge in [0.1, 0.15) is 11.6 Å². The SMILES string of the molecule is Cc1nc2c(c(N3CCCC3)n1)CCNC2. The van der Waals surface area contributed by atoms with Gasteiger partial charge in [-0.05, 0) is 32.7 Å². The average Bonchev–Trinajstić information content (AvgIpc) is 2.81. The number of fused-ring (bicyclic) bond motifs is 1. The number of hydrogen-bond acceptors (Lipinski definition) is 4. The molecule has 0 spiro atoms. The Morgan fingerprint density at radius 2 is 2.00 bits per heavy atom. The fourth-order valence-electron chi connectivity index (χ4n) is 2.65. The molecule has 4 nitrogen and oxygen atoms in total. The van der Waals surface area contributed by atoms with E-state index < -0.39 is 0 Å². The van der Waals surface area contributed by atoms with Crippen LogP contribution in [0.2, 0.25) is 0 Å². The van der Waals surface area contributed by atoms with E-state index in [2.05, 4.69) is 20.2 Å². The van der Waals surface area contributed by atoms with Crippen LogP contribution in [0, 0.1) is 6.92 Å². The quantitative estimate of drug-likeness (QED) is 0.764. The third kappa shape index (κ3) is 1.67. The Bertz CT molecular complexity index is 396. The van der Waals surface area contributed by atoms with Crippen LogP contribution in [0.15, 0.2) is 0 Å². The minimum Gasteiger partial charge on any atom is -0.356 e. The molecule has 0 aromatic carbocycles. The Hall–Kier alpha value is -1.16. The molecular weight excluding hydrogens is 200 g/mol. The van der Waals surface area contributed by atoms with Gasteiger partial charge in [-0.3, -0.25) is 0 Å². The molecule has 0 amide bonds. The smallest absolute Gasteiger partial charge is 0.135 e. The van der Waals surface area contributed by atoms with E-state index in [9.17, 15) is 0 Å². The number of rotatable bonds is 1. The van der Waals surface area contributed by atoms with E-state index in [0.717, 1.165) is 38.4 Å². The lowest BCUT2D eigenvalue weighted by Gasteiger charge is -2.25. The molecule has 0 atom stereocenters. The first-order valence-corrected chi connectivity index (χ1v) is 6.16. The summed E-state index contributed by atoms with van der Waals surface area (Å²) >= 11 is 0. The highest BCUT2D eigenvalue weighted by atomic mass is 15.2. The van der Waals surface area contributed by atoms with Crippen molar-refractivity contribution in [3.63, 3.8) is 0 Å². The maximum Gasteiger partial charge on any atom is 0.135 e. The Labute approximate surface area is 96.1 Å². The first-order valence-electron chi connectivity index (χ1n) is 6.16. The van der Waals surface area contributed by atoms with E-state index in [1.54, 1.807) is 0 Å². The van der Waals surface area contributed by atoms with Crippen molar-refractivity contribution in [1.82, 2.24) is 15.3 Å². The van der Waals surface area contributed by atoms with Gasteiger partial charge in [0.2, 0.25) is 0 Å². The molecule has 1 aromatic rings. The van der Waals surface area contributed by atoms with Crippen molar-refractivity contribution in [1.29, 1.82) is 0 Å². The highest BCUT2D eigenvalue weighted by Gasteiger charge is 2.22. The molecule has 1 fully saturated rings. The molecule has 2 aliphatic rings. The third-order valence-corrected chi connectivity index (χ3v) is 3.43. The zero-order valence-corrected chi connectivity index (χ0v) is 9.79. The van der Waals surface area contributed by atoms with Crippen LogP contribution in [0.25, 0.3) is 0 Å². The Morgan fingerprint density at radius 3 is 2.81 bits per heavy atom. The monoisotopic (exact) mass is 218 g/mol. The summed E-state index contributed by atoms with van der Waals surface area (Å²) in [5.74, 6) is 2.12. The van der Waals surface area contributed by atoms with Crippen molar-refractivity contribution in [2.75, 3.05) is 24.5 Å². The molecule has 2 aliphatic heterocycles. The molecule has 1 saturated heterocycles. The molecule has 4 heteroatoms. The molecule has 3 heterocycles. The molecule has 0 unspecified atom stereocenters. The summed E-state index contributed by atoms with van der Waals surface area (Å²) < 4.78 is 0. The maximum atomic E-state index is 4.66. The van der Waals surface area contributed by atoms with Crippen LogP contribution in [-0.2, 0) is 13.0 Å². The Morgan fingerprint density at radius 1 is 1.19 bits per heavy atom. The van der Waals surface area contributed by atoms with Crippen LogP contribution in [0.4, 0.5) is 5.82 Å². The van der Waals surface area contributed by atoms with E-state index in [-0.39, 0.29) is 0 Å². The van der Waals surface area contributed by atoms with Crippen LogP contribution in [0.3, 0.4) is 0 Å². The average molecular weight is 218 g/mol. The van der Waals surface area contributed by atoms with Crippen molar-refractivity contribution >= 4 is 5.82 Å². The lowest BCUT2D eigenvalue weighted by atomic mass is 10.1. The predicted octanol–water partition coefficient (Wildman–Crippen LogP) is 1.03. The van der Waals surface area contributed by atoms with Crippen LogP contribution in [0.5, 0.6) is 0 Å². The molecule has 3 rings (SSSR count). The molecule has 0 radical (unpaired) electrons. The van der Waals surface area contributed by atoms with Gasteiger partial charge in [0.05, 0.1) is 5.69 Å². The number of aromatic nitrogens is 2. The Kier molecular flexibility index (Phi) is 2.52. The van der Waals surface area contributed by atoms with Crippen LogP contribution < -0.4 is 10.2 Å². The highest BCUT2D eigenvalue weighted by molar-refractivity contribution is 5.50. The third-order valence-electron chi connectivity index (χ3n) is 3.43. The van der Waals surface area contributed by atoms with Gasteiger partial charge < -0.3 is 10.2 Å². The lowest BCUT2D eigenvalue weighted by Crippen LogP contribution is -2.29. The predicted molar refractivity (Wildman–Crippen MR) is 63.6 cm³/mol. The number of nitrogens with one attached hydrogen (secondary N) is 1. The molecule has 0 bridgehead atoms. The largest absolute Gasteiger partial charge is 0.356 e. The Balaban J connectivity index is 2.04. The maximum absolute atomic E-state index is 4.66. The van der Waals surface area contributed by atoms with E-state index >= 15 is 0 Å². The van der Waals surface area contributed by atoms with Crippen LogP contribution in [0.1, 0.15) is 29.9 Å². The zero-order chi connectivity index (χ0) is 11.0. The second-order valence-electron chi connectivity index (χ2n) is 4.64. The summed E-state index contributed by atoms with van der Waals surface area (Å²) in [5.41, 5.74) is 2.59. The number of nitrogens with zero attached hydrogens (tertiary/aromatic N) is 3. The fourth-order valence-corrected chi connectivity index (χ4v) is 2.65. The first kappa shape index (κ1) is 10.0. The summed E-state index contributed by atoms with van der Waals surface area (Å²) in [5, 5.41) is 3.38. The normalized spacial score (nSPS) is 19.9. The van der Waals surface area contributed by atoms with E-state index in [1.165, 1.54) is 29.9 Å². The van der Waals surface area contributed by atoms with Crippen LogP contribution in [-0.4, -0.2) is 29.6 Å². The molecule has 1 N–H and O–H groups in total. The highest BCUT2D eigenvalue weighted by Crippen LogP contribution is 2.26. The van der Waals surface area contributed by atoms with Gasteiger partial charge in [0.25, 0.3) is 0 Å². The molecule has 86 valence electrons. The van der Waals surface area contributed by atoms with Crippen LogP contribution >= 0.6 is 0 Å². The van der Waals surface area contributed by atoms with Gasteiger partial charge in [-0.15, -0.1) is 0 Å². The van der Waals surface area contributed by atoms with Gasteiger partial charge in [-0.1, -0.05) is 0 Å². The van der Waals surface area contributed by atoms with Crippen molar-refractivity contribution < 1.29 is 0 Å².